The van der Waals surface area contributed by atoms with Crippen molar-refractivity contribution >= 4 is 5.91 Å². The molecule has 2 aromatic rings. The molecule has 0 bridgehead atoms. The Morgan fingerprint density at radius 3 is 2.36 bits per heavy atom. The van der Waals surface area contributed by atoms with Crippen LogP contribution in [0.15, 0.2) is 54.6 Å². The minimum Gasteiger partial charge on any atom is -0.333 e. The van der Waals surface area contributed by atoms with E-state index in [0.29, 0.717) is 0 Å². The van der Waals surface area contributed by atoms with Gasteiger partial charge < -0.3 is 4.90 Å². The van der Waals surface area contributed by atoms with Crippen molar-refractivity contribution in [1.29, 1.82) is 0 Å². The van der Waals surface area contributed by atoms with Crippen molar-refractivity contribution in [3.05, 3.63) is 71.3 Å². The number of benzene rings is 2. The number of piperidine rings is 1. The van der Waals surface area contributed by atoms with Gasteiger partial charge in [0.05, 0.1) is 5.54 Å². The zero-order valence-corrected chi connectivity index (χ0v) is 14.9. The van der Waals surface area contributed by atoms with Gasteiger partial charge in [0.25, 0.3) is 0 Å². The smallest absolute Gasteiger partial charge is 0.220 e. The van der Waals surface area contributed by atoms with Crippen LogP contribution in [0.25, 0.3) is 0 Å². The molecular formula is C22H26N2O. The second kappa shape index (κ2) is 6.64. The number of carbonyl (C=O) groups excluding carboxylic acids is 1. The number of nitrogens with zero attached hydrogens (tertiary/aromatic N) is 2. The third kappa shape index (κ3) is 2.98. The standard InChI is InChI=1S/C22H26N2O/c1-18(25)24-14-11-20-9-5-6-10-21(20)22(24)12-15-23(16-13-22)17-19-7-3-2-4-8-19/h2-10H,11-17H2,1H3. The predicted molar refractivity (Wildman–Crippen MR) is 100 cm³/mol. The lowest BCUT2D eigenvalue weighted by Gasteiger charge is -2.52. The SMILES string of the molecule is CC(=O)N1CCc2ccccc2C12CCN(Cc1ccccc1)CC2. The summed E-state index contributed by atoms with van der Waals surface area (Å²) in [4.78, 5) is 17.0. The Hall–Kier alpha value is -2.13. The second-order valence-electron chi connectivity index (χ2n) is 7.37. The fourth-order valence-electron chi connectivity index (χ4n) is 4.70. The van der Waals surface area contributed by atoms with E-state index in [1.54, 1.807) is 6.92 Å². The lowest BCUT2D eigenvalue weighted by molar-refractivity contribution is -0.139. The van der Waals surface area contributed by atoms with Crippen LogP contribution in [-0.4, -0.2) is 35.3 Å². The van der Waals surface area contributed by atoms with Gasteiger partial charge in [0.2, 0.25) is 5.91 Å². The normalized spacial score (nSPS) is 19.6. The summed E-state index contributed by atoms with van der Waals surface area (Å²) in [5, 5.41) is 0. The Morgan fingerprint density at radius 1 is 0.960 bits per heavy atom. The molecule has 2 aliphatic rings. The summed E-state index contributed by atoms with van der Waals surface area (Å²) in [5.41, 5.74) is 4.08. The van der Waals surface area contributed by atoms with E-state index >= 15 is 0 Å². The number of amides is 1. The van der Waals surface area contributed by atoms with Crippen molar-refractivity contribution < 1.29 is 4.79 Å². The summed E-state index contributed by atoms with van der Waals surface area (Å²) in [5.74, 6) is 0.214. The van der Waals surface area contributed by atoms with Crippen LogP contribution in [0.2, 0.25) is 0 Å². The van der Waals surface area contributed by atoms with Gasteiger partial charge in [-0.3, -0.25) is 9.69 Å². The number of fused-ring (bicyclic) bond motifs is 2. The van der Waals surface area contributed by atoms with E-state index in [0.717, 1.165) is 45.4 Å². The Kier molecular flexibility index (Phi) is 4.34. The highest BCUT2D eigenvalue weighted by Crippen LogP contribution is 2.43. The average Bonchev–Trinajstić information content (AvgIpc) is 2.65. The first kappa shape index (κ1) is 16.3. The molecular weight excluding hydrogens is 308 g/mol. The topological polar surface area (TPSA) is 23.6 Å². The molecule has 130 valence electrons. The second-order valence-corrected chi connectivity index (χ2v) is 7.37. The van der Waals surface area contributed by atoms with Gasteiger partial charge in [-0.2, -0.15) is 0 Å². The maximum atomic E-state index is 12.4. The summed E-state index contributed by atoms with van der Waals surface area (Å²) in [6, 6.07) is 19.4. The lowest BCUT2D eigenvalue weighted by Crippen LogP contribution is -2.57. The molecule has 1 fully saturated rings. The first-order valence-corrected chi connectivity index (χ1v) is 9.32. The summed E-state index contributed by atoms with van der Waals surface area (Å²) in [6.45, 7) is 5.65. The zero-order valence-electron chi connectivity index (χ0n) is 14.9. The van der Waals surface area contributed by atoms with Gasteiger partial charge in [-0.15, -0.1) is 0 Å². The molecule has 3 heteroatoms. The van der Waals surface area contributed by atoms with Crippen LogP contribution in [0.5, 0.6) is 0 Å². The van der Waals surface area contributed by atoms with Crippen LogP contribution in [-0.2, 0) is 23.3 Å². The summed E-state index contributed by atoms with van der Waals surface area (Å²) in [6.07, 6.45) is 3.03. The first-order valence-electron chi connectivity index (χ1n) is 9.32. The maximum absolute atomic E-state index is 12.4. The van der Waals surface area contributed by atoms with E-state index < -0.39 is 0 Å². The molecule has 3 nitrogen and oxygen atoms in total. The largest absolute Gasteiger partial charge is 0.333 e. The minimum absolute atomic E-state index is 0.103. The highest BCUT2D eigenvalue weighted by Gasteiger charge is 2.45. The Morgan fingerprint density at radius 2 is 1.64 bits per heavy atom. The van der Waals surface area contributed by atoms with E-state index in [1.807, 2.05) is 0 Å². The molecule has 0 saturated carbocycles. The van der Waals surface area contributed by atoms with Crippen LogP contribution in [0.4, 0.5) is 0 Å². The molecule has 0 aliphatic carbocycles. The Balaban J connectivity index is 1.57. The number of hydrogen-bond donors (Lipinski definition) is 0. The highest BCUT2D eigenvalue weighted by atomic mass is 16.2. The molecule has 1 saturated heterocycles. The molecule has 1 amide bonds. The van der Waals surface area contributed by atoms with Crippen molar-refractivity contribution in [1.82, 2.24) is 9.80 Å². The van der Waals surface area contributed by atoms with Gasteiger partial charge in [-0.1, -0.05) is 54.6 Å². The van der Waals surface area contributed by atoms with Gasteiger partial charge in [0.15, 0.2) is 0 Å². The van der Waals surface area contributed by atoms with Gasteiger partial charge in [0, 0.05) is 33.1 Å². The Labute approximate surface area is 150 Å². The summed E-state index contributed by atoms with van der Waals surface area (Å²) >= 11 is 0. The van der Waals surface area contributed by atoms with Crippen LogP contribution in [0.1, 0.15) is 36.5 Å². The summed E-state index contributed by atoms with van der Waals surface area (Å²) < 4.78 is 0. The van der Waals surface area contributed by atoms with Crippen molar-refractivity contribution in [2.75, 3.05) is 19.6 Å². The zero-order chi connectivity index (χ0) is 17.3. The lowest BCUT2D eigenvalue weighted by atomic mass is 9.74. The first-order chi connectivity index (χ1) is 12.2. The molecule has 4 rings (SSSR count). The molecule has 0 unspecified atom stereocenters. The van der Waals surface area contributed by atoms with Crippen molar-refractivity contribution in [3.8, 4) is 0 Å². The van der Waals surface area contributed by atoms with Crippen LogP contribution < -0.4 is 0 Å². The van der Waals surface area contributed by atoms with Gasteiger partial charge >= 0.3 is 0 Å². The number of hydrogen-bond acceptors (Lipinski definition) is 2. The van der Waals surface area contributed by atoms with Gasteiger partial charge in [-0.25, -0.2) is 0 Å². The average molecular weight is 334 g/mol. The molecule has 25 heavy (non-hydrogen) atoms. The molecule has 1 spiro atoms. The van der Waals surface area contributed by atoms with E-state index in [1.165, 1.54) is 16.7 Å². The van der Waals surface area contributed by atoms with E-state index in [9.17, 15) is 4.79 Å². The van der Waals surface area contributed by atoms with Crippen molar-refractivity contribution in [3.63, 3.8) is 0 Å². The highest BCUT2D eigenvalue weighted by molar-refractivity contribution is 5.75. The number of likely N-dealkylation sites (tertiary alicyclic amines) is 1. The molecule has 0 aromatic heterocycles. The molecule has 0 N–H and O–H groups in total. The van der Waals surface area contributed by atoms with E-state index in [4.69, 9.17) is 0 Å². The van der Waals surface area contributed by atoms with Crippen molar-refractivity contribution in [2.45, 2.75) is 38.3 Å². The quantitative estimate of drug-likeness (QED) is 0.838. The van der Waals surface area contributed by atoms with Crippen molar-refractivity contribution in [2.24, 2.45) is 0 Å². The third-order valence-corrected chi connectivity index (χ3v) is 5.95. The van der Waals surface area contributed by atoms with Gasteiger partial charge in [0.1, 0.15) is 0 Å². The molecule has 2 aliphatic heterocycles. The predicted octanol–water partition coefficient (Wildman–Crippen LogP) is 3.58. The Bertz CT molecular complexity index is 748. The van der Waals surface area contributed by atoms with Crippen LogP contribution >= 0.6 is 0 Å². The molecule has 0 radical (unpaired) electrons. The molecule has 2 aromatic carbocycles. The van der Waals surface area contributed by atoms with Gasteiger partial charge in [-0.05, 0) is 36.0 Å². The number of rotatable bonds is 2. The summed E-state index contributed by atoms with van der Waals surface area (Å²) in [7, 11) is 0. The van der Waals surface area contributed by atoms with Crippen LogP contribution in [0.3, 0.4) is 0 Å². The third-order valence-electron chi connectivity index (χ3n) is 5.95. The maximum Gasteiger partial charge on any atom is 0.220 e. The minimum atomic E-state index is -0.103. The van der Waals surface area contributed by atoms with E-state index in [2.05, 4.69) is 64.4 Å². The molecule has 0 atom stereocenters. The fraction of sp³-hybridized carbons (Fsp3) is 0.409. The fourth-order valence-corrected chi connectivity index (χ4v) is 4.70. The van der Waals surface area contributed by atoms with Crippen LogP contribution in [0, 0.1) is 0 Å². The van der Waals surface area contributed by atoms with E-state index in [-0.39, 0.29) is 11.4 Å². The number of carbonyl (C=O) groups is 1. The molecule has 2 heterocycles. The monoisotopic (exact) mass is 334 g/mol.